The van der Waals surface area contributed by atoms with Crippen LogP contribution in [0.25, 0.3) is 22.2 Å². The predicted octanol–water partition coefficient (Wildman–Crippen LogP) is -1.40. The lowest BCUT2D eigenvalue weighted by Crippen LogP contribution is -2.52. The topological polar surface area (TPSA) is 72.7 Å². The Hall–Kier alpha value is -3.35. The standard InChI is InChI=1S/C19H10B4FN5O/c1-29-7-25-6-11(29)9-2-8-3-12(27-5-10(8)26-4-9)28-19(30)13-14(20)15(21)16(22)17(23)18(13)24/h2-7H,1H3,(H,27,28,30). The number of rotatable bonds is 3. The fraction of sp³-hybridized carbons (Fsp3) is 0.0526. The Morgan fingerprint density at radius 3 is 2.43 bits per heavy atom. The van der Waals surface area contributed by atoms with Gasteiger partial charge >= 0.3 is 0 Å². The van der Waals surface area contributed by atoms with Crippen molar-refractivity contribution in [1.82, 2.24) is 19.5 Å². The van der Waals surface area contributed by atoms with E-state index < -0.39 is 22.8 Å². The largest absolute Gasteiger partial charge is 0.334 e. The molecule has 0 bridgehead atoms. The summed E-state index contributed by atoms with van der Waals surface area (Å²) in [6.07, 6.45) is 6.59. The van der Waals surface area contributed by atoms with Crippen LogP contribution in [-0.4, -0.2) is 56.8 Å². The van der Waals surface area contributed by atoms with Crippen LogP contribution in [0.2, 0.25) is 0 Å². The average molecular weight is 387 g/mol. The Bertz CT molecular complexity index is 1300. The molecule has 3 aromatic heterocycles. The van der Waals surface area contributed by atoms with E-state index in [1.807, 2.05) is 17.7 Å². The summed E-state index contributed by atoms with van der Waals surface area (Å²) in [6, 6.07) is 3.49. The van der Waals surface area contributed by atoms with Crippen molar-refractivity contribution in [2.45, 2.75) is 0 Å². The van der Waals surface area contributed by atoms with Gasteiger partial charge in [0.25, 0.3) is 5.91 Å². The van der Waals surface area contributed by atoms with Gasteiger partial charge in [-0.15, -0.1) is 10.9 Å². The first-order chi connectivity index (χ1) is 14.3. The summed E-state index contributed by atoms with van der Waals surface area (Å²) in [5, 5.41) is 3.22. The molecule has 0 atom stereocenters. The molecule has 0 fully saturated rings. The molecule has 0 saturated heterocycles. The third-order valence-corrected chi connectivity index (χ3v) is 4.74. The van der Waals surface area contributed by atoms with E-state index in [9.17, 15) is 9.18 Å². The van der Waals surface area contributed by atoms with Gasteiger partial charge in [-0.3, -0.25) is 9.78 Å². The third kappa shape index (κ3) is 3.30. The Balaban J connectivity index is 1.71. The zero-order valence-electron chi connectivity index (χ0n) is 15.8. The molecule has 0 spiro atoms. The van der Waals surface area contributed by atoms with Gasteiger partial charge in [-0.25, -0.2) is 14.4 Å². The zero-order valence-corrected chi connectivity index (χ0v) is 15.8. The molecular weight excluding hydrogens is 376 g/mol. The van der Waals surface area contributed by atoms with E-state index in [2.05, 4.69) is 20.3 Å². The number of halogens is 1. The van der Waals surface area contributed by atoms with Crippen LogP contribution in [0.5, 0.6) is 0 Å². The summed E-state index contributed by atoms with van der Waals surface area (Å²) >= 11 is 0. The van der Waals surface area contributed by atoms with Crippen molar-refractivity contribution in [1.29, 1.82) is 0 Å². The smallest absolute Gasteiger partial charge is 0.259 e. The number of carbonyl (C=O) groups is 1. The molecule has 0 aliphatic carbocycles. The maximum atomic E-state index is 14.5. The van der Waals surface area contributed by atoms with Gasteiger partial charge in [0.15, 0.2) is 0 Å². The van der Waals surface area contributed by atoms with E-state index in [-0.39, 0.29) is 22.2 Å². The fourth-order valence-corrected chi connectivity index (χ4v) is 3.07. The van der Waals surface area contributed by atoms with Crippen molar-refractivity contribution in [3.05, 3.63) is 48.4 Å². The van der Waals surface area contributed by atoms with Gasteiger partial charge < -0.3 is 9.88 Å². The van der Waals surface area contributed by atoms with Crippen LogP contribution < -0.4 is 27.2 Å². The van der Waals surface area contributed by atoms with Gasteiger partial charge in [0, 0.05) is 24.2 Å². The molecule has 4 aromatic rings. The van der Waals surface area contributed by atoms with Gasteiger partial charge in [0.2, 0.25) is 0 Å². The second-order valence-electron chi connectivity index (χ2n) is 6.67. The van der Waals surface area contributed by atoms with Gasteiger partial charge in [-0.1, -0.05) is 10.9 Å². The second kappa shape index (κ2) is 7.48. The Labute approximate surface area is 177 Å². The number of fused-ring (bicyclic) bond motifs is 1. The first-order valence-electron chi connectivity index (χ1n) is 8.73. The SMILES string of the molecule is [B]c1c([B])c([B])c(C(=O)Nc2cc3cc(-c4cncn4C)cnc3cn2)c(F)c1[B]. The number of nitrogens with one attached hydrogen (secondary N) is 1. The Morgan fingerprint density at radius 1 is 1.00 bits per heavy atom. The molecule has 1 aromatic carbocycles. The summed E-state index contributed by atoms with van der Waals surface area (Å²) in [5.74, 6) is -1.73. The molecular formula is C19H10B4FN5O. The van der Waals surface area contributed by atoms with E-state index in [0.717, 1.165) is 11.3 Å². The average Bonchev–Trinajstić information content (AvgIpc) is 3.16. The Kier molecular flexibility index (Phi) is 4.97. The minimum atomic E-state index is -1.04. The molecule has 4 rings (SSSR count). The van der Waals surface area contributed by atoms with Crippen LogP contribution in [0, 0.1) is 5.82 Å². The van der Waals surface area contributed by atoms with Gasteiger partial charge in [0.1, 0.15) is 43.0 Å². The first-order valence-corrected chi connectivity index (χ1v) is 8.73. The molecule has 30 heavy (non-hydrogen) atoms. The highest BCUT2D eigenvalue weighted by Crippen LogP contribution is 2.23. The van der Waals surface area contributed by atoms with Crippen molar-refractivity contribution in [2.75, 3.05) is 5.32 Å². The fourth-order valence-electron chi connectivity index (χ4n) is 3.07. The molecule has 1 N–H and O–H groups in total. The molecule has 0 aliphatic heterocycles. The number of hydrogen-bond acceptors (Lipinski definition) is 4. The molecule has 8 radical (unpaired) electrons. The highest BCUT2D eigenvalue weighted by Gasteiger charge is 2.20. The summed E-state index contributed by atoms with van der Waals surface area (Å²) < 4.78 is 16.4. The molecule has 11 heteroatoms. The highest BCUT2D eigenvalue weighted by molar-refractivity contribution is 6.63. The molecule has 6 nitrogen and oxygen atoms in total. The summed E-state index contributed by atoms with van der Waals surface area (Å²) in [6.45, 7) is 0. The molecule has 3 heterocycles. The number of benzene rings is 1. The lowest BCUT2D eigenvalue weighted by molar-refractivity contribution is 0.102. The van der Waals surface area contributed by atoms with Crippen LogP contribution in [0.3, 0.4) is 0 Å². The van der Waals surface area contributed by atoms with E-state index >= 15 is 0 Å². The predicted molar refractivity (Wildman–Crippen MR) is 118 cm³/mol. The molecule has 0 saturated carbocycles. The van der Waals surface area contributed by atoms with E-state index in [0.29, 0.717) is 10.9 Å². The van der Waals surface area contributed by atoms with Crippen molar-refractivity contribution in [3.63, 3.8) is 0 Å². The monoisotopic (exact) mass is 387 g/mol. The molecule has 0 unspecified atom stereocenters. The van der Waals surface area contributed by atoms with Crippen LogP contribution in [-0.2, 0) is 7.05 Å². The number of carbonyl (C=O) groups excluding carboxylic acids is 1. The first kappa shape index (κ1) is 19.9. The number of amides is 1. The maximum Gasteiger partial charge on any atom is 0.259 e. The summed E-state index contributed by atoms with van der Waals surface area (Å²) in [4.78, 5) is 25.3. The van der Waals surface area contributed by atoms with Gasteiger partial charge in [-0.2, -0.15) is 0 Å². The minimum Gasteiger partial charge on any atom is -0.334 e. The van der Waals surface area contributed by atoms with Crippen LogP contribution in [0.4, 0.5) is 10.2 Å². The number of aromatic nitrogens is 4. The van der Waals surface area contributed by atoms with Crippen LogP contribution in [0.1, 0.15) is 10.4 Å². The van der Waals surface area contributed by atoms with E-state index in [1.54, 1.807) is 24.8 Å². The van der Waals surface area contributed by atoms with E-state index in [4.69, 9.17) is 31.4 Å². The quantitative estimate of drug-likeness (QED) is 0.440. The zero-order chi connectivity index (χ0) is 21.6. The number of imidazole rings is 1. The lowest BCUT2D eigenvalue weighted by Gasteiger charge is -2.17. The highest BCUT2D eigenvalue weighted by atomic mass is 19.1. The number of anilines is 1. The summed E-state index contributed by atoms with van der Waals surface area (Å²) in [5.41, 5.74) is 0.721. The summed E-state index contributed by atoms with van der Waals surface area (Å²) in [7, 11) is 24.6. The van der Waals surface area contributed by atoms with Crippen molar-refractivity contribution in [2.24, 2.45) is 7.05 Å². The number of pyridine rings is 2. The molecule has 136 valence electrons. The van der Waals surface area contributed by atoms with Gasteiger partial charge in [-0.05, 0) is 12.1 Å². The minimum absolute atomic E-state index is 0.157. The van der Waals surface area contributed by atoms with Crippen LogP contribution >= 0.6 is 0 Å². The molecule has 0 aliphatic rings. The van der Waals surface area contributed by atoms with Crippen molar-refractivity contribution in [3.8, 4) is 11.3 Å². The normalized spacial score (nSPS) is 11.0. The number of hydrogen-bond donors (Lipinski definition) is 1. The van der Waals surface area contributed by atoms with Crippen molar-refractivity contribution >= 4 is 75.9 Å². The number of nitrogens with zero attached hydrogens (tertiary/aromatic N) is 4. The second-order valence-corrected chi connectivity index (χ2v) is 6.67. The van der Waals surface area contributed by atoms with Crippen LogP contribution in [0.15, 0.2) is 37.1 Å². The lowest BCUT2D eigenvalue weighted by atomic mass is 9.65. The Morgan fingerprint density at radius 2 is 1.73 bits per heavy atom. The number of aryl methyl sites for hydroxylation is 1. The van der Waals surface area contributed by atoms with E-state index in [1.165, 1.54) is 6.20 Å². The molecule has 1 amide bonds. The third-order valence-electron chi connectivity index (χ3n) is 4.74. The maximum absolute atomic E-state index is 14.5. The van der Waals surface area contributed by atoms with Gasteiger partial charge in [0.05, 0.1) is 35.5 Å². The van der Waals surface area contributed by atoms with Crippen molar-refractivity contribution < 1.29 is 9.18 Å².